The van der Waals surface area contributed by atoms with E-state index in [1.807, 2.05) is 42.5 Å². The Kier molecular flexibility index (Phi) is 2.25. The molecule has 1 aliphatic carbocycles. The number of hydrogen-bond donors (Lipinski definition) is 0. The average molecular weight is 230 g/mol. The van der Waals surface area contributed by atoms with Crippen molar-refractivity contribution in [2.45, 2.75) is 18.3 Å². The molecule has 0 heterocycles. The summed E-state index contributed by atoms with van der Waals surface area (Å²) in [5.41, 5.74) is 0.827. The van der Waals surface area contributed by atoms with Crippen LogP contribution in [0.3, 0.4) is 0 Å². The Morgan fingerprint density at radius 1 is 0.882 bits per heavy atom. The number of rotatable bonds is 2. The molecule has 0 aliphatic heterocycles. The summed E-state index contributed by atoms with van der Waals surface area (Å²) in [5.74, 6) is 0. The molecule has 2 atom stereocenters. The van der Waals surface area contributed by atoms with Gasteiger partial charge in [0.05, 0.1) is 0 Å². The Bertz CT molecular complexity index is 518. The maximum atomic E-state index is 13.8. The number of hydrogen-bond acceptors (Lipinski definition) is 0. The first-order valence-electron chi connectivity index (χ1n) is 5.69. The molecule has 1 aliphatic rings. The highest BCUT2D eigenvalue weighted by Gasteiger charge is 2.57. The third kappa shape index (κ3) is 1.74. The number of benzene rings is 2. The third-order valence-electron chi connectivity index (χ3n) is 3.28. The predicted molar refractivity (Wildman–Crippen MR) is 64.2 cm³/mol. The van der Waals surface area contributed by atoms with Gasteiger partial charge in [-0.1, -0.05) is 54.6 Å². The van der Waals surface area contributed by atoms with Gasteiger partial charge in [-0.05, 0) is 16.7 Å². The van der Waals surface area contributed by atoms with Crippen LogP contribution in [0.25, 0.3) is 11.1 Å². The highest BCUT2D eigenvalue weighted by atomic mass is 19.2. The molecule has 1 saturated carbocycles. The summed E-state index contributed by atoms with van der Waals surface area (Å²) >= 11 is 0. The lowest BCUT2D eigenvalue weighted by Crippen LogP contribution is -2.01. The molecule has 86 valence electrons. The molecule has 3 rings (SSSR count). The van der Waals surface area contributed by atoms with E-state index in [1.165, 1.54) is 0 Å². The van der Waals surface area contributed by atoms with E-state index in [1.54, 1.807) is 12.1 Å². The standard InChI is InChI=1S/C15H12F2/c16-14-10-15(14,17)13-8-6-12(7-9-13)11-4-2-1-3-5-11/h1-9,14H,10H2/t14-,15-/m0/s1. The van der Waals surface area contributed by atoms with Crippen LogP contribution in [0, 0.1) is 0 Å². The van der Waals surface area contributed by atoms with Gasteiger partial charge >= 0.3 is 0 Å². The summed E-state index contributed by atoms with van der Waals surface area (Å²) in [7, 11) is 0. The van der Waals surface area contributed by atoms with Crippen LogP contribution in [0.1, 0.15) is 12.0 Å². The van der Waals surface area contributed by atoms with Crippen LogP contribution in [0.2, 0.25) is 0 Å². The molecule has 0 amide bonds. The van der Waals surface area contributed by atoms with Gasteiger partial charge in [-0.3, -0.25) is 0 Å². The second kappa shape index (κ2) is 3.66. The van der Waals surface area contributed by atoms with Crippen molar-refractivity contribution in [3.8, 4) is 11.1 Å². The quantitative estimate of drug-likeness (QED) is 0.723. The largest absolute Gasteiger partial charge is 0.243 e. The van der Waals surface area contributed by atoms with Gasteiger partial charge < -0.3 is 0 Å². The lowest BCUT2D eigenvalue weighted by Gasteiger charge is -2.07. The first kappa shape index (κ1) is 10.5. The lowest BCUT2D eigenvalue weighted by molar-refractivity contribution is 0.252. The second-order valence-corrected chi connectivity index (χ2v) is 4.48. The molecule has 0 aromatic heterocycles. The smallest absolute Gasteiger partial charge is 0.169 e. The number of alkyl halides is 2. The molecular weight excluding hydrogens is 218 g/mol. The molecule has 0 N–H and O–H groups in total. The average Bonchev–Trinajstić information content (AvgIpc) is 3.00. The zero-order valence-electron chi connectivity index (χ0n) is 9.24. The molecule has 2 heteroatoms. The Balaban J connectivity index is 1.91. The molecule has 1 fully saturated rings. The van der Waals surface area contributed by atoms with Crippen molar-refractivity contribution in [1.29, 1.82) is 0 Å². The van der Waals surface area contributed by atoms with Gasteiger partial charge in [0.15, 0.2) is 5.67 Å². The minimum Gasteiger partial charge on any atom is -0.243 e. The molecular formula is C15H12F2. The highest BCUT2D eigenvalue weighted by molar-refractivity contribution is 5.63. The maximum Gasteiger partial charge on any atom is 0.169 e. The van der Waals surface area contributed by atoms with Crippen molar-refractivity contribution >= 4 is 0 Å². The Labute approximate surface area is 98.9 Å². The van der Waals surface area contributed by atoms with Crippen molar-refractivity contribution in [2.75, 3.05) is 0 Å². The van der Waals surface area contributed by atoms with E-state index >= 15 is 0 Å². The van der Waals surface area contributed by atoms with Crippen LogP contribution < -0.4 is 0 Å². The van der Waals surface area contributed by atoms with Crippen LogP contribution in [0.15, 0.2) is 54.6 Å². The maximum absolute atomic E-state index is 13.8. The van der Waals surface area contributed by atoms with E-state index in [2.05, 4.69) is 0 Å². The summed E-state index contributed by atoms with van der Waals surface area (Å²) in [5, 5.41) is 0. The number of halogens is 2. The van der Waals surface area contributed by atoms with Crippen LogP contribution >= 0.6 is 0 Å². The fraction of sp³-hybridized carbons (Fsp3) is 0.200. The van der Waals surface area contributed by atoms with E-state index in [9.17, 15) is 8.78 Å². The van der Waals surface area contributed by atoms with Crippen LogP contribution in [-0.4, -0.2) is 6.17 Å². The van der Waals surface area contributed by atoms with Crippen molar-refractivity contribution < 1.29 is 8.78 Å². The molecule has 0 nitrogen and oxygen atoms in total. The van der Waals surface area contributed by atoms with Gasteiger partial charge in [0.2, 0.25) is 0 Å². The summed E-state index contributed by atoms with van der Waals surface area (Å²) in [6.07, 6.45) is -1.33. The van der Waals surface area contributed by atoms with Crippen molar-refractivity contribution in [3.05, 3.63) is 60.2 Å². The van der Waals surface area contributed by atoms with Crippen LogP contribution in [0.5, 0.6) is 0 Å². The summed E-state index contributed by atoms with van der Waals surface area (Å²) in [6.45, 7) is 0. The van der Waals surface area contributed by atoms with E-state index in [0.29, 0.717) is 5.56 Å². The molecule has 0 saturated heterocycles. The zero-order valence-corrected chi connectivity index (χ0v) is 9.24. The van der Waals surface area contributed by atoms with Gasteiger partial charge in [-0.2, -0.15) is 0 Å². The first-order chi connectivity index (χ1) is 8.20. The van der Waals surface area contributed by atoms with Crippen LogP contribution in [-0.2, 0) is 5.67 Å². The minimum atomic E-state index is -1.73. The Hall–Kier alpha value is -1.70. The van der Waals surface area contributed by atoms with E-state index in [-0.39, 0.29) is 6.42 Å². The lowest BCUT2D eigenvalue weighted by atomic mass is 10.0. The van der Waals surface area contributed by atoms with E-state index in [4.69, 9.17) is 0 Å². The van der Waals surface area contributed by atoms with Gasteiger partial charge in [-0.15, -0.1) is 0 Å². The molecule has 2 aromatic rings. The Morgan fingerprint density at radius 2 is 1.41 bits per heavy atom. The normalized spacial score (nSPS) is 26.8. The molecule has 0 bridgehead atoms. The van der Waals surface area contributed by atoms with Gasteiger partial charge in [0, 0.05) is 6.42 Å². The summed E-state index contributed by atoms with van der Waals surface area (Å²) < 4.78 is 26.7. The van der Waals surface area contributed by atoms with Crippen LogP contribution in [0.4, 0.5) is 8.78 Å². The molecule has 17 heavy (non-hydrogen) atoms. The monoisotopic (exact) mass is 230 g/mol. The summed E-state index contributed by atoms with van der Waals surface area (Å²) in [6, 6.07) is 16.9. The molecule has 0 spiro atoms. The first-order valence-corrected chi connectivity index (χ1v) is 5.69. The van der Waals surface area contributed by atoms with Crippen molar-refractivity contribution in [2.24, 2.45) is 0 Å². The van der Waals surface area contributed by atoms with Gasteiger partial charge in [0.25, 0.3) is 0 Å². The third-order valence-corrected chi connectivity index (χ3v) is 3.28. The van der Waals surface area contributed by atoms with Gasteiger partial charge in [0.1, 0.15) is 6.17 Å². The topological polar surface area (TPSA) is 0 Å². The summed E-state index contributed by atoms with van der Waals surface area (Å²) in [4.78, 5) is 0. The van der Waals surface area contributed by atoms with Gasteiger partial charge in [-0.25, -0.2) is 8.78 Å². The van der Waals surface area contributed by atoms with Crippen molar-refractivity contribution in [3.63, 3.8) is 0 Å². The molecule has 0 unspecified atom stereocenters. The predicted octanol–water partition coefficient (Wildman–Crippen LogP) is 4.26. The minimum absolute atomic E-state index is 0.00230. The Morgan fingerprint density at radius 3 is 1.94 bits per heavy atom. The van der Waals surface area contributed by atoms with E-state index in [0.717, 1.165) is 11.1 Å². The zero-order chi connectivity index (χ0) is 11.9. The fourth-order valence-electron chi connectivity index (χ4n) is 2.07. The van der Waals surface area contributed by atoms with E-state index < -0.39 is 11.8 Å². The highest BCUT2D eigenvalue weighted by Crippen LogP contribution is 2.52. The second-order valence-electron chi connectivity index (χ2n) is 4.48. The molecule has 0 radical (unpaired) electrons. The van der Waals surface area contributed by atoms with Crippen molar-refractivity contribution in [1.82, 2.24) is 0 Å². The SMILES string of the molecule is F[C@H]1C[C@]1(F)c1ccc(-c2ccccc2)cc1. The molecule has 2 aromatic carbocycles. The fourth-order valence-corrected chi connectivity index (χ4v) is 2.07.